The van der Waals surface area contributed by atoms with Gasteiger partial charge in [0.2, 0.25) is 0 Å². The molecule has 124 valence electrons. The molecule has 2 rings (SSSR count). The van der Waals surface area contributed by atoms with Gasteiger partial charge in [-0.25, -0.2) is 0 Å². The van der Waals surface area contributed by atoms with Crippen LogP contribution in [0.4, 0.5) is 5.69 Å². The monoisotopic (exact) mass is 416 g/mol. The molecule has 0 bridgehead atoms. The minimum Gasteiger partial charge on any atom is -0.355 e. The first-order valence-corrected chi connectivity index (χ1v) is 7.64. The molecule has 0 aliphatic carbocycles. The van der Waals surface area contributed by atoms with Crippen LogP contribution in [-0.4, -0.2) is 51.6 Å². The number of rotatable bonds is 4. The number of nitrogens with zero attached hydrogens (tertiary/aromatic N) is 3. The molecule has 5 heteroatoms. The Morgan fingerprint density at radius 1 is 1.32 bits per heavy atom. The van der Waals surface area contributed by atoms with E-state index in [1.807, 2.05) is 7.05 Å². The third kappa shape index (κ3) is 4.84. The smallest absolute Gasteiger partial charge is 0.198 e. The Labute approximate surface area is 152 Å². The molecule has 0 radical (unpaired) electrons. The number of anilines is 1. The molecule has 4 nitrogen and oxygen atoms in total. The van der Waals surface area contributed by atoms with Crippen LogP contribution in [0.15, 0.2) is 29.3 Å². The number of halogens is 1. The third-order valence-corrected chi connectivity index (χ3v) is 3.82. The average molecular weight is 416 g/mol. The van der Waals surface area contributed by atoms with E-state index in [4.69, 9.17) is 0 Å². The number of nitrogens with one attached hydrogen (secondary N) is 1. The quantitative estimate of drug-likeness (QED) is 0.465. The van der Waals surface area contributed by atoms with Crippen molar-refractivity contribution in [1.29, 1.82) is 0 Å². The molecular weight excluding hydrogens is 387 g/mol. The Bertz CT molecular complexity index is 511. The molecule has 1 N–H and O–H groups in total. The SMILES string of the molecule is CN=C(NCC(C)(C)CN(C)C)N1CCc2ccccc21.I. The maximum absolute atomic E-state index is 4.47. The van der Waals surface area contributed by atoms with Crippen molar-refractivity contribution in [2.45, 2.75) is 20.3 Å². The van der Waals surface area contributed by atoms with E-state index in [1.54, 1.807) is 0 Å². The summed E-state index contributed by atoms with van der Waals surface area (Å²) in [5.74, 6) is 0.979. The third-order valence-electron chi connectivity index (χ3n) is 3.82. The van der Waals surface area contributed by atoms with Crippen molar-refractivity contribution in [2.75, 3.05) is 45.7 Å². The lowest BCUT2D eigenvalue weighted by Gasteiger charge is -2.31. The Morgan fingerprint density at radius 2 is 2.00 bits per heavy atom. The molecule has 1 heterocycles. The summed E-state index contributed by atoms with van der Waals surface area (Å²) in [6.07, 6.45) is 1.10. The van der Waals surface area contributed by atoms with Gasteiger partial charge in [-0.1, -0.05) is 32.0 Å². The fourth-order valence-electron chi connectivity index (χ4n) is 3.08. The summed E-state index contributed by atoms with van der Waals surface area (Å²) in [5.41, 5.74) is 2.91. The van der Waals surface area contributed by atoms with Gasteiger partial charge in [-0.05, 0) is 37.6 Å². The van der Waals surface area contributed by atoms with E-state index in [0.29, 0.717) is 0 Å². The van der Waals surface area contributed by atoms with Gasteiger partial charge < -0.3 is 15.1 Å². The molecule has 0 atom stereocenters. The van der Waals surface area contributed by atoms with Gasteiger partial charge in [0.15, 0.2) is 5.96 Å². The predicted molar refractivity (Wildman–Crippen MR) is 107 cm³/mol. The number of hydrogen-bond acceptors (Lipinski definition) is 2. The summed E-state index contributed by atoms with van der Waals surface area (Å²) in [5, 5.41) is 3.55. The van der Waals surface area contributed by atoms with E-state index in [2.05, 4.69) is 72.3 Å². The highest BCUT2D eigenvalue weighted by Gasteiger charge is 2.25. The standard InChI is InChI=1S/C17H28N4.HI/c1-17(2,13-20(4)5)12-19-16(18-3)21-11-10-14-8-6-7-9-15(14)21;/h6-9H,10-13H2,1-5H3,(H,18,19);1H. The van der Waals surface area contributed by atoms with Crippen LogP contribution < -0.4 is 10.2 Å². The summed E-state index contributed by atoms with van der Waals surface area (Å²) in [7, 11) is 6.10. The molecule has 1 aromatic rings. The molecule has 0 saturated carbocycles. The van der Waals surface area contributed by atoms with Crippen LogP contribution in [0.2, 0.25) is 0 Å². The molecular formula is C17H29IN4. The van der Waals surface area contributed by atoms with E-state index >= 15 is 0 Å². The largest absolute Gasteiger partial charge is 0.355 e. The van der Waals surface area contributed by atoms with Crippen LogP contribution in [0, 0.1) is 5.41 Å². The Morgan fingerprint density at radius 3 is 2.64 bits per heavy atom. The summed E-state index contributed by atoms with van der Waals surface area (Å²) in [6.45, 7) is 7.54. The van der Waals surface area contributed by atoms with Gasteiger partial charge >= 0.3 is 0 Å². The fourth-order valence-corrected chi connectivity index (χ4v) is 3.08. The molecule has 0 spiro atoms. The number of aliphatic imine (C=N–C) groups is 1. The van der Waals surface area contributed by atoms with Gasteiger partial charge in [0.1, 0.15) is 0 Å². The maximum atomic E-state index is 4.47. The molecule has 0 fully saturated rings. The first kappa shape index (κ1) is 19.2. The first-order chi connectivity index (χ1) is 9.93. The van der Waals surface area contributed by atoms with E-state index in [9.17, 15) is 0 Å². The van der Waals surface area contributed by atoms with Crippen LogP contribution >= 0.6 is 24.0 Å². The Kier molecular flexibility index (Phi) is 7.12. The highest BCUT2D eigenvalue weighted by molar-refractivity contribution is 14.0. The first-order valence-electron chi connectivity index (χ1n) is 7.64. The minimum absolute atomic E-state index is 0. The van der Waals surface area contributed by atoms with Crippen LogP contribution in [0.1, 0.15) is 19.4 Å². The summed E-state index contributed by atoms with van der Waals surface area (Å²) >= 11 is 0. The molecule has 1 aliphatic heterocycles. The molecule has 0 saturated heterocycles. The summed E-state index contributed by atoms with van der Waals surface area (Å²) in [6, 6.07) is 8.60. The van der Waals surface area contributed by atoms with Crippen molar-refractivity contribution in [2.24, 2.45) is 10.4 Å². The fraction of sp³-hybridized carbons (Fsp3) is 0.588. The predicted octanol–water partition coefficient (Wildman–Crippen LogP) is 2.83. The van der Waals surface area contributed by atoms with Crippen molar-refractivity contribution >= 4 is 35.6 Å². The zero-order valence-electron chi connectivity index (χ0n) is 14.4. The number of hydrogen-bond donors (Lipinski definition) is 1. The van der Waals surface area contributed by atoms with Crippen LogP contribution in [0.5, 0.6) is 0 Å². The van der Waals surface area contributed by atoms with E-state index in [0.717, 1.165) is 32.0 Å². The number of fused-ring (bicyclic) bond motifs is 1. The van der Waals surface area contributed by atoms with Crippen molar-refractivity contribution in [3.63, 3.8) is 0 Å². The molecule has 1 aromatic carbocycles. The molecule has 1 aliphatic rings. The minimum atomic E-state index is 0. The second-order valence-corrected chi connectivity index (χ2v) is 6.83. The highest BCUT2D eigenvalue weighted by atomic mass is 127. The second-order valence-electron chi connectivity index (χ2n) is 6.83. The Balaban J connectivity index is 0.00000242. The normalized spacial score (nSPS) is 14.8. The van der Waals surface area contributed by atoms with Crippen LogP contribution in [-0.2, 0) is 6.42 Å². The lowest BCUT2D eigenvalue weighted by Crippen LogP contribution is -2.46. The van der Waals surface area contributed by atoms with Crippen molar-refractivity contribution in [3.8, 4) is 0 Å². The van der Waals surface area contributed by atoms with Crippen LogP contribution in [0.25, 0.3) is 0 Å². The van der Waals surface area contributed by atoms with Gasteiger partial charge in [0.05, 0.1) is 0 Å². The number of benzene rings is 1. The van der Waals surface area contributed by atoms with Crippen molar-refractivity contribution in [1.82, 2.24) is 10.2 Å². The van der Waals surface area contributed by atoms with Gasteiger partial charge in [-0.15, -0.1) is 24.0 Å². The summed E-state index contributed by atoms with van der Waals surface area (Å²) in [4.78, 5) is 8.99. The number of guanidine groups is 1. The molecule has 0 aromatic heterocycles. The maximum Gasteiger partial charge on any atom is 0.198 e. The lowest BCUT2D eigenvalue weighted by atomic mass is 9.93. The van der Waals surface area contributed by atoms with Gasteiger partial charge in [-0.3, -0.25) is 4.99 Å². The van der Waals surface area contributed by atoms with Gasteiger partial charge in [-0.2, -0.15) is 0 Å². The molecule has 22 heavy (non-hydrogen) atoms. The van der Waals surface area contributed by atoms with E-state index in [-0.39, 0.29) is 29.4 Å². The zero-order valence-corrected chi connectivity index (χ0v) is 16.7. The lowest BCUT2D eigenvalue weighted by molar-refractivity contribution is 0.241. The molecule has 0 amide bonds. The topological polar surface area (TPSA) is 30.9 Å². The Hall–Kier alpha value is -0.820. The average Bonchev–Trinajstić information content (AvgIpc) is 2.82. The van der Waals surface area contributed by atoms with Crippen molar-refractivity contribution < 1.29 is 0 Å². The van der Waals surface area contributed by atoms with E-state index in [1.165, 1.54) is 11.3 Å². The van der Waals surface area contributed by atoms with Gasteiger partial charge in [0.25, 0.3) is 0 Å². The zero-order chi connectivity index (χ0) is 15.5. The molecule has 0 unspecified atom stereocenters. The van der Waals surface area contributed by atoms with E-state index < -0.39 is 0 Å². The number of para-hydroxylation sites is 1. The van der Waals surface area contributed by atoms with Gasteiger partial charge in [0, 0.05) is 32.4 Å². The highest BCUT2D eigenvalue weighted by Crippen LogP contribution is 2.27. The second kappa shape index (κ2) is 8.15. The van der Waals surface area contributed by atoms with Crippen molar-refractivity contribution in [3.05, 3.63) is 29.8 Å². The van der Waals surface area contributed by atoms with Crippen LogP contribution in [0.3, 0.4) is 0 Å². The summed E-state index contributed by atoms with van der Waals surface area (Å²) < 4.78 is 0.